The first-order valence-corrected chi connectivity index (χ1v) is 8.32. The van der Waals surface area contributed by atoms with E-state index < -0.39 is 10.7 Å². The van der Waals surface area contributed by atoms with Gasteiger partial charge in [-0.05, 0) is 44.0 Å². The molecule has 1 N–H and O–H groups in total. The van der Waals surface area contributed by atoms with Crippen LogP contribution in [-0.2, 0) is 10.2 Å². The number of amides is 3. The zero-order valence-corrected chi connectivity index (χ0v) is 14.5. The zero-order chi connectivity index (χ0) is 16.9. The third-order valence-electron chi connectivity index (χ3n) is 4.07. The highest BCUT2D eigenvalue weighted by Gasteiger charge is 2.46. The molecule has 6 nitrogen and oxygen atoms in total. The summed E-state index contributed by atoms with van der Waals surface area (Å²) in [6.45, 7) is 5.45. The third-order valence-corrected chi connectivity index (χ3v) is 5.15. The summed E-state index contributed by atoms with van der Waals surface area (Å²) in [5.74, 6) is -0.300. The summed E-state index contributed by atoms with van der Waals surface area (Å²) < 4.78 is 0. The smallest absolute Gasteiger partial charge is 0.273 e. The van der Waals surface area contributed by atoms with Crippen LogP contribution in [0, 0.1) is 0 Å². The van der Waals surface area contributed by atoms with Gasteiger partial charge in [-0.3, -0.25) is 14.4 Å². The number of thiol groups is 1. The third kappa shape index (κ3) is 2.46. The van der Waals surface area contributed by atoms with Crippen LogP contribution >= 0.6 is 24.4 Å². The molecule has 0 bridgehead atoms. The molecule has 1 aromatic rings. The summed E-state index contributed by atoms with van der Waals surface area (Å²) in [6.07, 6.45) is 0. The van der Waals surface area contributed by atoms with Crippen molar-refractivity contribution in [3.05, 3.63) is 29.3 Å². The van der Waals surface area contributed by atoms with E-state index >= 15 is 0 Å². The number of hydrogen-bond donors (Lipinski definition) is 2. The van der Waals surface area contributed by atoms with Crippen LogP contribution in [0.2, 0.25) is 0 Å². The van der Waals surface area contributed by atoms with Gasteiger partial charge in [0.2, 0.25) is 5.91 Å². The fourth-order valence-electron chi connectivity index (χ4n) is 2.82. The topological polar surface area (TPSA) is 78.8 Å². The highest BCUT2D eigenvalue weighted by Crippen LogP contribution is 2.43. The summed E-state index contributed by atoms with van der Waals surface area (Å²) in [5.41, 5.74) is 4.48. The van der Waals surface area contributed by atoms with E-state index in [4.69, 9.17) is 0 Å². The highest BCUT2D eigenvalue weighted by atomic mass is 32.2. The van der Waals surface area contributed by atoms with Crippen molar-refractivity contribution in [1.82, 2.24) is 5.43 Å². The number of hydrazone groups is 1. The van der Waals surface area contributed by atoms with Crippen LogP contribution in [0.15, 0.2) is 23.3 Å². The number of rotatable bonds is 1. The number of carbonyl (C=O) groups is 3. The van der Waals surface area contributed by atoms with Crippen molar-refractivity contribution >= 4 is 52.2 Å². The predicted octanol–water partition coefficient (Wildman–Crippen LogP) is 2.91. The van der Waals surface area contributed by atoms with E-state index in [-0.39, 0.29) is 16.4 Å². The number of nitrogens with one attached hydrogen (secondary N) is 1. The standard InChI is InChI=1S/C15H15N3O3S2/c1-7-11(16-17-13(20)23-7)8-4-5-10-9(6-8)15(2,3)12(19)18(10)14(21)22/h4-7H,1-3H3,(H,17,20)(H,21,22). The summed E-state index contributed by atoms with van der Waals surface area (Å²) >= 11 is 4.96. The van der Waals surface area contributed by atoms with Crippen LogP contribution in [0.5, 0.6) is 0 Å². The van der Waals surface area contributed by atoms with Crippen LogP contribution < -0.4 is 10.3 Å². The number of hydrogen-bond acceptors (Lipinski definition) is 5. The maximum Gasteiger partial charge on any atom is 0.299 e. The van der Waals surface area contributed by atoms with Crippen LogP contribution in [0.1, 0.15) is 31.9 Å². The highest BCUT2D eigenvalue weighted by molar-refractivity contribution is 8.14. The molecule has 120 valence electrons. The van der Waals surface area contributed by atoms with Crippen molar-refractivity contribution in [3.63, 3.8) is 0 Å². The molecule has 0 saturated carbocycles. The van der Waals surface area contributed by atoms with Gasteiger partial charge in [0.1, 0.15) is 0 Å². The van der Waals surface area contributed by atoms with Crippen LogP contribution in [-0.4, -0.2) is 27.3 Å². The van der Waals surface area contributed by atoms with Gasteiger partial charge in [0.15, 0.2) is 0 Å². The lowest BCUT2D eigenvalue weighted by Crippen LogP contribution is -2.37. The molecule has 0 radical (unpaired) electrons. The van der Waals surface area contributed by atoms with Crippen LogP contribution in [0.4, 0.5) is 15.3 Å². The molecule has 2 aliphatic rings. The fourth-order valence-corrected chi connectivity index (χ4v) is 3.74. The minimum Gasteiger partial charge on any atom is -0.273 e. The molecule has 0 aromatic heterocycles. The fraction of sp³-hybridized carbons (Fsp3) is 0.333. The summed E-state index contributed by atoms with van der Waals surface area (Å²) in [6, 6.07) is 5.38. The summed E-state index contributed by atoms with van der Waals surface area (Å²) in [4.78, 5) is 36.6. The molecular formula is C15H15N3O3S2. The Morgan fingerprint density at radius 3 is 2.70 bits per heavy atom. The molecule has 3 rings (SSSR count). The van der Waals surface area contributed by atoms with Crippen molar-refractivity contribution in [3.8, 4) is 0 Å². The number of imide groups is 1. The van der Waals surface area contributed by atoms with Gasteiger partial charge in [-0.2, -0.15) is 5.10 Å². The van der Waals surface area contributed by atoms with E-state index in [2.05, 4.69) is 23.2 Å². The number of thioether (sulfide) groups is 1. The van der Waals surface area contributed by atoms with Crippen molar-refractivity contribution in [2.75, 3.05) is 4.90 Å². The van der Waals surface area contributed by atoms with Crippen molar-refractivity contribution < 1.29 is 14.4 Å². The Bertz CT molecular complexity index is 773. The SMILES string of the molecule is CC1SC(=O)NN=C1c1ccc2c(c1)C(C)(C)C(=O)N2C(=O)S. The molecule has 2 aliphatic heterocycles. The Morgan fingerprint density at radius 2 is 2.09 bits per heavy atom. The number of fused-ring (bicyclic) bond motifs is 1. The Kier molecular flexibility index (Phi) is 3.76. The lowest BCUT2D eigenvalue weighted by molar-refractivity contribution is -0.121. The zero-order valence-electron chi connectivity index (χ0n) is 12.8. The quantitative estimate of drug-likeness (QED) is 0.764. The molecule has 1 aromatic carbocycles. The van der Waals surface area contributed by atoms with Crippen molar-refractivity contribution in [1.29, 1.82) is 0 Å². The van der Waals surface area contributed by atoms with E-state index in [1.165, 1.54) is 0 Å². The lowest BCUT2D eigenvalue weighted by Gasteiger charge is -2.20. The largest absolute Gasteiger partial charge is 0.299 e. The summed E-state index contributed by atoms with van der Waals surface area (Å²) in [5, 5.41) is 3.24. The second-order valence-electron chi connectivity index (χ2n) is 5.94. The van der Waals surface area contributed by atoms with Gasteiger partial charge in [-0.25, -0.2) is 10.3 Å². The van der Waals surface area contributed by atoms with Gasteiger partial charge in [0.25, 0.3) is 10.5 Å². The van der Waals surface area contributed by atoms with Crippen LogP contribution in [0.3, 0.4) is 0 Å². The molecule has 1 unspecified atom stereocenters. The summed E-state index contributed by atoms with van der Waals surface area (Å²) in [7, 11) is 0. The maximum absolute atomic E-state index is 12.5. The normalized spacial score (nSPS) is 22.5. The Hall–Kier alpha value is -1.80. The van der Waals surface area contributed by atoms with Crippen molar-refractivity contribution in [2.24, 2.45) is 5.10 Å². The minimum absolute atomic E-state index is 0.0929. The van der Waals surface area contributed by atoms with E-state index in [0.29, 0.717) is 5.69 Å². The predicted molar refractivity (Wildman–Crippen MR) is 93.5 cm³/mol. The first-order valence-electron chi connectivity index (χ1n) is 7.00. The van der Waals surface area contributed by atoms with Gasteiger partial charge >= 0.3 is 0 Å². The lowest BCUT2D eigenvalue weighted by atomic mass is 9.85. The molecule has 0 saturated heterocycles. The Morgan fingerprint density at radius 1 is 1.39 bits per heavy atom. The second kappa shape index (κ2) is 5.38. The van der Waals surface area contributed by atoms with E-state index in [0.717, 1.165) is 33.5 Å². The number of carbonyl (C=O) groups excluding carboxylic acids is 3. The molecule has 2 heterocycles. The van der Waals surface area contributed by atoms with Crippen LogP contribution in [0.25, 0.3) is 0 Å². The first kappa shape index (κ1) is 16.1. The van der Waals surface area contributed by atoms with E-state index in [1.54, 1.807) is 26.0 Å². The molecule has 8 heteroatoms. The van der Waals surface area contributed by atoms with Gasteiger partial charge in [-0.15, -0.1) is 0 Å². The first-order chi connectivity index (χ1) is 10.7. The maximum atomic E-state index is 12.5. The van der Waals surface area contributed by atoms with E-state index in [1.807, 2.05) is 13.0 Å². The molecule has 0 fully saturated rings. The molecular weight excluding hydrogens is 334 g/mol. The molecule has 0 spiro atoms. The Labute approximate surface area is 143 Å². The number of benzene rings is 1. The Balaban J connectivity index is 2.10. The number of nitrogens with zero attached hydrogens (tertiary/aromatic N) is 2. The number of anilines is 1. The average Bonchev–Trinajstić information content (AvgIpc) is 2.66. The van der Waals surface area contributed by atoms with E-state index in [9.17, 15) is 14.4 Å². The van der Waals surface area contributed by atoms with Gasteiger partial charge < -0.3 is 0 Å². The second-order valence-corrected chi connectivity index (χ2v) is 7.63. The monoisotopic (exact) mass is 349 g/mol. The average molecular weight is 349 g/mol. The van der Waals surface area contributed by atoms with Gasteiger partial charge in [-0.1, -0.05) is 30.5 Å². The molecule has 1 atom stereocenters. The minimum atomic E-state index is -0.821. The molecule has 3 amide bonds. The van der Waals surface area contributed by atoms with Gasteiger partial charge in [0, 0.05) is 0 Å². The van der Waals surface area contributed by atoms with Crippen molar-refractivity contribution in [2.45, 2.75) is 31.4 Å². The molecule has 23 heavy (non-hydrogen) atoms. The van der Waals surface area contributed by atoms with Gasteiger partial charge in [0.05, 0.1) is 22.1 Å². The molecule has 0 aliphatic carbocycles.